The van der Waals surface area contributed by atoms with Crippen molar-refractivity contribution >= 4 is 33.3 Å². The fourth-order valence-corrected chi connectivity index (χ4v) is 5.10. The summed E-state index contributed by atoms with van der Waals surface area (Å²) in [5.41, 5.74) is 0.483. The minimum Gasteiger partial charge on any atom is -0.484 e. The summed E-state index contributed by atoms with van der Waals surface area (Å²) >= 11 is 5.62. The summed E-state index contributed by atoms with van der Waals surface area (Å²) in [7, 11) is -3.73. The van der Waals surface area contributed by atoms with Crippen LogP contribution in [0.4, 0.5) is 8.78 Å². The molecule has 0 unspecified atom stereocenters. The molecule has 0 spiro atoms. The number of benzene rings is 2. The molecule has 13 heteroatoms. The van der Waals surface area contributed by atoms with Gasteiger partial charge in [0.15, 0.2) is 23.1 Å². The molecule has 0 radical (unpaired) electrons. The molecule has 0 aliphatic heterocycles. The highest BCUT2D eigenvalue weighted by Gasteiger charge is 2.52. The molecule has 198 valence electrons. The van der Waals surface area contributed by atoms with Crippen LogP contribution in [-0.2, 0) is 19.4 Å². The first-order valence-electron chi connectivity index (χ1n) is 11.1. The molecule has 0 aromatic heterocycles. The number of halogens is 3. The lowest BCUT2D eigenvalue weighted by Gasteiger charge is -2.52. The number of ether oxygens (including phenoxy) is 2. The quantitative estimate of drug-likeness (QED) is 0.432. The molecule has 2 amide bonds. The first kappa shape index (κ1) is 26.8. The number of hydrogen-bond acceptors (Lipinski definition) is 7. The molecule has 1 saturated carbocycles. The number of nitrogens with one attached hydrogen (secondary N) is 2. The smallest absolute Gasteiger partial charge is 0.262 e. The standard InChI is InChI=1S/C24H23ClF2N2O7S/c1-37(33,34)20-5-3-15(7-18(20)27)35-11-22(31)28-19-8-21(30)24(9-13(19)10-24)29-23(32)12-36-14-2-4-16(25)17(26)6-14/h2-7,21,30H,8-12H2,1H3,(H,28,31)(H,29,32)/t21-/m0/s1. The molecule has 3 N–H and O–H groups in total. The number of sulfone groups is 1. The van der Waals surface area contributed by atoms with Gasteiger partial charge in [0.1, 0.15) is 28.0 Å². The Labute approximate surface area is 216 Å². The Bertz CT molecular complexity index is 1390. The van der Waals surface area contributed by atoms with Crippen LogP contribution in [0.15, 0.2) is 52.6 Å². The van der Waals surface area contributed by atoms with Crippen LogP contribution in [0.2, 0.25) is 5.02 Å². The van der Waals surface area contributed by atoms with Crippen molar-refractivity contribution in [2.75, 3.05) is 19.5 Å². The van der Waals surface area contributed by atoms with Crippen molar-refractivity contribution in [2.24, 2.45) is 0 Å². The SMILES string of the molecule is CS(=O)(=O)c1ccc(OCC(=O)NC2=C3CC(NC(=O)COc4ccc(Cl)c(F)c4)(C3)[C@@H](O)C2)cc1F. The molecule has 1 atom stereocenters. The van der Waals surface area contributed by atoms with Gasteiger partial charge in [-0.2, -0.15) is 0 Å². The molecular weight excluding hydrogens is 534 g/mol. The Kier molecular flexibility index (Phi) is 7.45. The molecule has 2 aromatic rings. The molecule has 0 saturated heterocycles. The third kappa shape index (κ3) is 6.03. The maximum absolute atomic E-state index is 14.0. The second-order valence-electron chi connectivity index (χ2n) is 8.93. The maximum atomic E-state index is 14.0. The first-order chi connectivity index (χ1) is 17.4. The second-order valence-corrected chi connectivity index (χ2v) is 11.3. The third-order valence-corrected chi connectivity index (χ3v) is 7.57. The van der Waals surface area contributed by atoms with Gasteiger partial charge < -0.3 is 25.2 Å². The van der Waals surface area contributed by atoms with Crippen LogP contribution < -0.4 is 20.1 Å². The molecule has 3 aliphatic carbocycles. The molecule has 5 rings (SSSR count). The van der Waals surface area contributed by atoms with Crippen molar-refractivity contribution in [3.05, 3.63) is 64.3 Å². The van der Waals surface area contributed by atoms with Gasteiger partial charge in [0, 0.05) is 30.5 Å². The van der Waals surface area contributed by atoms with E-state index < -0.39 is 56.4 Å². The first-order valence-corrected chi connectivity index (χ1v) is 13.3. The van der Waals surface area contributed by atoms with Crippen molar-refractivity contribution < 1.29 is 41.4 Å². The van der Waals surface area contributed by atoms with Crippen molar-refractivity contribution in [3.63, 3.8) is 0 Å². The van der Waals surface area contributed by atoms with Gasteiger partial charge in [0.2, 0.25) is 0 Å². The summed E-state index contributed by atoms with van der Waals surface area (Å²) < 4.78 is 61.0. The van der Waals surface area contributed by atoms with E-state index in [-0.39, 0.29) is 29.5 Å². The van der Waals surface area contributed by atoms with Crippen LogP contribution in [0.3, 0.4) is 0 Å². The van der Waals surface area contributed by atoms with E-state index in [2.05, 4.69) is 10.6 Å². The van der Waals surface area contributed by atoms with Gasteiger partial charge in [-0.1, -0.05) is 11.6 Å². The zero-order valence-corrected chi connectivity index (χ0v) is 21.1. The molecule has 1 fully saturated rings. The Hall–Kier alpha value is -3.22. The number of rotatable bonds is 9. The summed E-state index contributed by atoms with van der Waals surface area (Å²) in [6, 6.07) is 6.98. The minimum absolute atomic E-state index is 0.0182. The Morgan fingerprint density at radius 3 is 2.22 bits per heavy atom. The number of carbonyl (C=O) groups excluding carboxylic acids is 2. The summed E-state index contributed by atoms with van der Waals surface area (Å²) in [5, 5.41) is 16.0. The highest BCUT2D eigenvalue weighted by molar-refractivity contribution is 7.90. The average molecular weight is 557 g/mol. The predicted octanol–water partition coefficient (Wildman–Crippen LogP) is 2.26. The Balaban J connectivity index is 1.27. The van der Waals surface area contributed by atoms with E-state index in [1.807, 2.05) is 0 Å². The monoisotopic (exact) mass is 556 g/mol. The molecule has 9 nitrogen and oxygen atoms in total. The number of amides is 2. The molecule has 3 aliphatic rings. The zero-order valence-electron chi connectivity index (χ0n) is 19.5. The highest BCUT2D eigenvalue weighted by Crippen LogP contribution is 2.47. The van der Waals surface area contributed by atoms with Crippen LogP contribution in [0.25, 0.3) is 0 Å². The average Bonchev–Trinajstić information content (AvgIpc) is 2.78. The van der Waals surface area contributed by atoms with Crippen LogP contribution in [0.5, 0.6) is 11.5 Å². The summed E-state index contributed by atoms with van der Waals surface area (Å²) in [5.74, 6) is -2.59. The van der Waals surface area contributed by atoms with Crippen molar-refractivity contribution in [3.8, 4) is 11.5 Å². The summed E-state index contributed by atoms with van der Waals surface area (Å²) in [4.78, 5) is 24.2. The van der Waals surface area contributed by atoms with E-state index in [9.17, 15) is 31.9 Å². The molecule has 37 heavy (non-hydrogen) atoms. The van der Waals surface area contributed by atoms with Crippen molar-refractivity contribution in [1.29, 1.82) is 0 Å². The van der Waals surface area contributed by atoms with Crippen molar-refractivity contribution in [2.45, 2.75) is 35.8 Å². The van der Waals surface area contributed by atoms with Crippen LogP contribution in [-0.4, -0.2) is 56.5 Å². The molecule has 2 aromatic carbocycles. The van der Waals surface area contributed by atoms with E-state index in [4.69, 9.17) is 21.1 Å². The topological polar surface area (TPSA) is 131 Å². The lowest BCUT2D eigenvalue weighted by Crippen LogP contribution is -2.65. The van der Waals surface area contributed by atoms with Gasteiger partial charge in [-0.05, 0) is 42.7 Å². The van der Waals surface area contributed by atoms with Gasteiger partial charge in [0.05, 0.1) is 16.7 Å². The van der Waals surface area contributed by atoms with E-state index in [0.29, 0.717) is 18.5 Å². The largest absolute Gasteiger partial charge is 0.484 e. The number of aliphatic hydroxyl groups is 1. The minimum atomic E-state index is -3.73. The van der Waals surface area contributed by atoms with Gasteiger partial charge in [-0.3, -0.25) is 9.59 Å². The van der Waals surface area contributed by atoms with Gasteiger partial charge in [-0.15, -0.1) is 0 Å². The third-order valence-electron chi connectivity index (χ3n) is 6.13. The summed E-state index contributed by atoms with van der Waals surface area (Å²) in [6.07, 6.45) is 0.636. The fourth-order valence-electron chi connectivity index (χ4n) is 4.26. The van der Waals surface area contributed by atoms with Gasteiger partial charge in [0.25, 0.3) is 11.8 Å². The van der Waals surface area contributed by atoms with Crippen LogP contribution in [0, 0.1) is 11.6 Å². The zero-order chi connectivity index (χ0) is 27.0. The second kappa shape index (κ2) is 10.3. The van der Waals surface area contributed by atoms with E-state index in [1.54, 1.807) is 0 Å². The number of aliphatic hydroxyl groups excluding tert-OH is 1. The summed E-state index contributed by atoms with van der Waals surface area (Å²) in [6.45, 7) is -0.851. The molecular formula is C24H23ClF2N2O7S. The highest BCUT2D eigenvalue weighted by atomic mass is 35.5. The van der Waals surface area contributed by atoms with Gasteiger partial charge >= 0.3 is 0 Å². The Morgan fingerprint density at radius 2 is 1.65 bits per heavy atom. The van der Waals surface area contributed by atoms with E-state index >= 15 is 0 Å². The number of hydrogen-bond donors (Lipinski definition) is 3. The van der Waals surface area contributed by atoms with E-state index in [0.717, 1.165) is 30.0 Å². The van der Waals surface area contributed by atoms with Crippen LogP contribution >= 0.6 is 11.6 Å². The lowest BCUT2D eigenvalue weighted by molar-refractivity contribution is -0.129. The molecule has 2 bridgehead atoms. The van der Waals surface area contributed by atoms with E-state index in [1.165, 1.54) is 18.2 Å². The van der Waals surface area contributed by atoms with Crippen LogP contribution in [0.1, 0.15) is 19.3 Å². The van der Waals surface area contributed by atoms with Gasteiger partial charge in [-0.25, -0.2) is 17.2 Å². The predicted molar refractivity (Wildman–Crippen MR) is 128 cm³/mol. The maximum Gasteiger partial charge on any atom is 0.262 e. The number of carbonyl (C=O) groups is 2. The van der Waals surface area contributed by atoms with Crippen molar-refractivity contribution in [1.82, 2.24) is 10.6 Å². The molecule has 0 heterocycles. The fraction of sp³-hybridized carbons (Fsp3) is 0.333. The number of fused-ring (bicyclic) bond motifs is 2. The lowest BCUT2D eigenvalue weighted by atomic mass is 9.62. The Morgan fingerprint density at radius 1 is 1.05 bits per heavy atom. The normalized spacial score (nSPS) is 20.6.